The van der Waals surface area contributed by atoms with Gasteiger partial charge in [0.25, 0.3) is 0 Å². The summed E-state index contributed by atoms with van der Waals surface area (Å²) in [6, 6.07) is 0. The van der Waals surface area contributed by atoms with Crippen LogP contribution < -0.4 is 0 Å². The van der Waals surface area contributed by atoms with Gasteiger partial charge < -0.3 is 10.2 Å². The first-order valence-corrected chi connectivity index (χ1v) is 7.73. The molecule has 0 unspecified atom stereocenters. The number of rotatable bonds is 7. The van der Waals surface area contributed by atoms with Gasteiger partial charge in [0.05, 0.1) is 38.2 Å². The van der Waals surface area contributed by atoms with Crippen LogP contribution in [-0.2, 0) is 24.9 Å². The minimum absolute atomic E-state index is 0.0115. The van der Waals surface area contributed by atoms with Crippen LogP contribution in [0, 0.1) is 6.92 Å². The van der Waals surface area contributed by atoms with E-state index in [1.165, 1.54) is 0 Å². The summed E-state index contributed by atoms with van der Waals surface area (Å²) in [4.78, 5) is 0. The Hall–Kier alpha value is -1.37. The Morgan fingerprint density at radius 3 is 2.55 bits per heavy atom. The van der Waals surface area contributed by atoms with Crippen LogP contribution in [0.15, 0.2) is 12.4 Å². The molecule has 0 spiro atoms. The maximum atomic E-state index is 9.06. The Morgan fingerprint density at radius 2 is 1.91 bits per heavy atom. The quantitative estimate of drug-likeness (QED) is 0.809. The maximum absolute atomic E-state index is 9.06. The Kier molecular flexibility index (Phi) is 5.26. The molecular formula is C15H23ClN4O2. The monoisotopic (exact) mass is 326 g/mol. The average molecular weight is 327 g/mol. The van der Waals surface area contributed by atoms with Crippen LogP contribution in [0.1, 0.15) is 30.7 Å². The number of aliphatic hydroxyl groups excluding tert-OH is 2. The predicted octanol–water partition coefficient (Wildman–Crippen LogP) is 1.55. The summed E-state index contributed by atoms with van der Waals surface area (Å²) >= 11 is 6.26. The Morgan fingerprint density at radius 1 is 1.23 bits per heavy atom. The van der Waals surface area contributed by atoms with Crippen LogP contribution in [-0.4, -0.2) is 43.0 Å². The molecule has 0 radical (unpaired) electrons. The number of hydrogen-bond acceptors (Lipinski definition) is 4. The van der Waals surface area contributed by atoms with Crippen molar-refractivity contribution in [1.82, 2.24) is 19.6 Å². The molecular weight excluding hydrogens is 304 g/mol. The number of aliphatic hydroxyl groups is 2. The van der Waals surface area contributed by atoms with E-state index < -0.39 is 0 Å². The Balaban J connectivity index is 2.22. The van der Waals surface area contributed by atoms with Gasteiger partial charge in [-0.2, -0.15) is 10.2 Å². The van der Waals surface area contributed by atoms with Crippen LogP contribution in [0.5, 0.6) is 0 Å². The number of halogens is 1. The minimum Gasteiger partial charge on any atom is -0.394 e. The van der Waals surface area contributed by atoms with Crippen molar-refractivity contribution in [2.24, 2.45) is 0 Å². The van der Waals surface area contributed by atoms with E-state index in [1.807, 2.05) is 19.3 Å². The van der Waals surface area contributed by atoms with Gasteiger partial charge in [0.15, 0.2) is 0 Å². The highest BCUT2D eigenvalue weighted by Crippen LogP contribution is 2.30. The molecule has 2 heterocycles. The van der Waals surface area contributed by atoms with E-state index in [4.69, 9.17) is 21.8 Å². The van der Waals surface area contributed by atoms with Crippen molar-refractivity contribution in [2.45, 2.75) is 45.7 Å². The van der Waals surface area contributed by atoms with E-state index in [0.29, 0.717) is 18.2 Å². The second kappa shape index (κ2) is 6.81. The van der Waals surface area contributed by atoms with Gasteiger partial charge in [-0.05, 0) is 17.9 Å². The molecule has 6 nitrogen and oxygen atoms in total. The molecule has 0 atom stereocenters. The van der Waals surface area contributed by atoms with Crippen molar-refractivity contribution in [3.8, 4) is 0 Å². The number of hydrogen-bond donors (Lipinski definition) is 2. The normalized spacial score (nSPS) is 12.1. The zero-order valence-electron chi connectivity index (χ0n) is 13.3. The lowest BCUT2D eigenvalue weighted by Crippen LogP contribution is -2.21. The highest BCUT2D eigenvalue weighted by molar-refractivity contribution is 6.30. The van der Waals surface area contributed by atoms with Crippen molar-refractivity contribution >= 4 is 11.6 Å². The first-order valence-electron chi connectivity index (χ1n) is 7.35. The summed E-state index contributed by atoms with van der Waals surface area (Å²) in [7, 11) is 0. The van der Waals surface area contributed by atoms with Gasteiger partial charge >= 0.3 is 0 Å². The standard InChI is InChI=1S/C15H23ClN4O2/c1-11-13(18-20(5-7-22)14(11)16)8-15(2,3)12-9-17-19(10-12)4-6-21/h9-10,21-22H,4-8H2,1-3H3. The smallest absolute Gasteiger partial charge is 0.130 e. The molecule has 0 aliphatic heterocycles. The molecule has 0 amide bonds. The summed E-state index contributed by atoms with van der Waals surface area (Å²) in [6.07, 6.45) is 4.51. The van der Waals surface area contributed by atoms with Crippen molar-refractivity contribution in [3.63, 3.8) is 0 Å². The molecule has 2 rings (SSSR count). The summed E-state index contributed by atoms with van der Waals surface area (Å²) in [5.41, 5.74) is 2.82. The van der Waals surface area contributed by atoms with Gasteiger partial charge in [-0.3, -0.25) is 9.36 Å². The number of aromatic nitrogens is 4. The fourth-order valence-corrected chi connectivity index (χ4v) is 2.68. The molecule has 0 saturated carbocycles. The average Bonchev–Trinajstić information content (AvgIpc) is 3.02. The molecule has 2 N–H and O–H groups in total. The SMILES string of the molecule is Cc1c(CC(C)(C)c2cnn(CCO)c2)nn(CCO)c1Cl. The third-order valence-electron chi connectivity index (χ3n) is 3.88. The van der Waals surface area contributed by atoms with Gasteiger partial charge in [0.1, 0.15) is 5.15 Å². The summed E-state index contributed by atoms with van der Waals surface area (Å²) < 4.78 is 3.37. The molecule has 2 aromatic rings. The Labute approximate surface area is 135 Å². The summed E-state index contributed by atoms with van der Waals surface area (Å²) in [6.45, 7) is 7.18. The second-order valence-corrected chi connectivity index (χ2v) is 6.44. The van der Waals surface area contributed by atoms with Gasteiger partial charge in [-0.15, -0.1) is 0 Å². The fourth-order valence-electron chi connectivity index (χ4n) is 2.45. The van der Waals surface area contributed by atoms with Crippen molar-refractivity contribution in [3.05, 3.63) is 34.4 Å². The zero-order valence-corrected chi connectivity index (χ0v) is 14.0. The lowest BCUT2D eigenvalue weighted by atomic mass is 9.82. The molecule has 7 heteroatoms. The molecule has 122 valence electrons. The third kappa shape index (κ3) is 3.51. The van der Waals surface area contributed by atoms with E-state index >= 15 is 0 Å². The molecule has 0 aliphatic rings. The van der Waals surface area contributed by atoms with Crippen LogP contribution in [0.3, 0.4) is 0 Å². The van der Waals surface area contributed by atoms with E-state index in [0.717, 1.165) is 23.2 Å². The van der Waals surface area contributed by atoms with Crippen molar-refractivity contribution in [1.29, 1.82) is 0 Å². The molecule has 0 aliphatic carbocycles. The van der Waals surface area contributed by atoms with Crippen LogP contribution in [0.2, 0.25) is 5.15 Å². The highest BCUT2D eigenvalue weighted by Gasteiger charge is 2.26. The zero-order chi connectivity index (χ0) is 16.3. The summed E-state index contributed by atoms with van der Waals surface area (Å²) in [5, 5.41) is 27.4. The van der Waals surface area contributed by atoms with E-state index in [-0.39, 0.29) is 18.6 Å². The van der Waals surface area contributed by atoms with Crippen LogP contribution >= 0.6 is 11.6 Å². The van der Waals surface area contributed by atoms with Crippen LogP contribution in [0.4, 0.5) is 0 Å². The number of nitrogens with zero attached hydrogens (tertiary/aromatic N) is 4. The van der Waals surface area contributed by atoms with Gasteiger partial charge in [0.2, 0.25) is 0 Å². The Bertz CT molecular complexity index is 634. The van der Waals surface area contributed by atoms with Gasteiger partial charge in [-0.1, -0.05) is 25.4 Å². The van der Waals surface area contributed by atoms with Gasteiger partial charge in [0, 0.05) is 18.2 Å². The van der Waals surface area contributed by atoms with E-state index in [2.05, 4.69) is 24.0 Å². The molecule has 0 fully saturated rings. The second-order valence-electron chi connectivity index (χ2n) is 6.09. The molecule has 0 bridgehead atoms. The van der Waals surface area contributed by atoms with E-state index in [1.54, 1.807) is 9.36 Å². The van der Waals surface area contributed by atoms with Crippen molar-refractivity contribution in [2.75, 3.05) is 13.2 Å². The highest BCUT2D eigenvalue weighted by atomic mass is 35.5. The fraction of sp³-hybridized carbons (Fsp3) is 0.600. The lowest BCUT2D eigenvalue weighted by Gasteiger charge is -2.22. The first kappa shape index (κ1) is 17.0. The first-order chi connectivity index (χ1) is 10.4. The maximum Gasteiger partial charge on any atom is 0.130 e. The lowest BCUT2D eigenvalue weighted by molar-refractivity contribution is 0.268. The topological polar surface area (TPSA) is 76.1 Å². The predicted molar refractivity (Wildman–Crippen MR) is 85.1 cm³/mol. The summed E-state index contributed by atoms with van der Waals surface area (Å²) in [5.74, 6) is 0. The molecule has 2 aromatic heterocycles. The molecule has 0 aromatic carbocycles. The largest absolute Gasteiger partial charge is 0.394 e. The third-order valence-corrected chi connectivity index (χ3v) is 4.35. The molecule has 22 heavy (non-hydrogen) atoms. The minimum atomic E-state index is -0.153. The van der Waals surface area contributed by atoms with E-state index in [9.17, 15) is 0 Å². The van der Waals surface area contributed by atoms with Gasteiger partial charge in [-0.25, -0.2) is 0 Å². The van der Waals surface area contributed by atoms with Crippen molar-refractivity contribution < 1.29 is 10.2 Å². The molecule has 0 saturated heterocycles. The van der Waals surface area contributed by atoms with Crippen LogP contribution in [0.25, 0.3) is 0 Å².